The monoisotopic (exact) mass is 252 g/mol. The van der Waals surface area contributed by atoms with Crippen LogP contribution in [0.1, 0.15) is 45.4 Å². The molecule has 18 heavy (non-hydrogen) atoms. The molecule has 0 bridgehead atoms. The van der Waals surface area contributed by atoms with Gasteiger partial charge >= 0.3 is 0 Å². The van der Waals surface area contributed by atoms with E-state index < -0.39 is 0 Å². The Balaban J connectivity index is 2.24. The lowest BCUT2D eigenvalue weighted by atomic mass is 9.84. The first-order valence-electron chi connectivity index (χ1n) is 7.44. The Morgan fingerprint density at radius 1 is 1.33 bits per heavy atom. The second kappa shape index (κ2) is 6.07. The first kappa shape index (κ1) is 13.9. The number of rotatable bonds is 5. The van der Waals surface area contributed by atoms with Crippen molar-refractivity contribution in [1.82, 2.24) is 10.2 Å². The average Bonchev–Trinajstić information content (AvgIpc) is 2.87. The molecule has 1 aliphatic carbocycles. The number of likely N-dealkylation sites (N-methyl/N-ethyl adjacent to an activating group) is 2. The van der Waals surface area contributed by atoms with Crippen molar-refractivity contribution in [3.8, 4) is 0 Å². The number of nitrogens with zero attached hydrogens (tertiary/aromatic N) is 1. The highest BCUT2D eigenvalue weighted by Gasteiger charge is 2.45. The summed E-state index contributed by atoms with van der Waals surface area (Å²) >= 11 is 0. The highest BCUT2D eigenvalue weighted by molar-refractivity contribution is 5.17. The fourth-order valence-corrected chi connectivity index (χ4v) is 3.52. The molecule has 104 valence electrons. The summed E-state index contributed by atoms with van der Waals surface area (Å²) in [4.78, 5) is 2.42. The molecule has 1 aliphatic heterocycles. The highest BCUT2D eigenvalue weighted by atomic mass is 16.5. The molecule has 2 rings (SSSR count). The summed E-state index contributed by atoms with van der Waals surface area (Å²) in [5.74, 6) is 1.19. The zero-order valence-corrected chi connectivity index (χ0v) is 12.2. The maximum absolute atomic E-state index is 5.95. The lowest BCUT2D eigenvalue weighted by molar-refractivity contribution is 0.0720. The van der Waals surface area contributed by atoms with E-state index in [1.165, 1.54) is 37.9 Å². The lowest BCUT2D eigenvalue weighted by Gasteiger charge is -2.44. The highest BCUT2D eigenvalue weighted by Crippen LogP contribution is 2.39. The molecule has 0 aromatic heterocycles. The van der Waals surface area contributed by atoms with E-state index in [1.807, 2.05) is 0 Å². The van der Waals surface area contributed by atoms with E-state index in [-0.39, 0.29) is 5.54 Å². The summed E-state index contributed by atoms with van der Waals surface area (Å²) in [6, 6.07) is 0.361. The Kier molecular flexibility index (Phi) is 4.68. The minimum atomic E-state index is 0.249. The zero-order valence-electron chi connectivity index (χ0n) is 12.2. The van der Waals surface area contributed by atoms with E-state index in [2.05, 4.69) is 37.3 Å². The van der Waals surface area contributed by atoms with Crippen LogP contribution in [-0.4, -0.2) is 43.7 Å². The van der Waals surface area contributed by atoms with Crippen LogP contribution in [0.15, 0.2) is 11.8 Å². The molecule has 1 atom stereocenters. The van der Waals surface area contributed by atoms with Gasteiger partial charge in [-0.25, -0.2) is 0 Å². The van der Waals surface area contributed by atoms with Crippen LogP contribution in [0.25, 0.3) is 0 Å². The van der Waals surface area contributed by atoms with E-state index in [4.69, 9.17) is 4.74 Å². The van der Waals surface area contributed by atoms with Gasteiger partial charge in [-0.2, -0.15) is 0 Å². The fourth-order valence-electron chi connectivity index (χ4n) is 3.52. The van der Waals surface area contributed by atoms with Gasteiger partial charge in [-0.3, -0.25) is 0 Å². The Hall–Kier alpha value is -0.540. The Morgan fingerprint density at radius 3 is 2.56 bits per heavy atom. The molecule has 1 unspecified atom stereocenters. The van der Waals surface area contributed by atoms with Gasteiger partial charge in [0.15, 0.2) is 0 Å². The smallest absolute Gasteiger partial charge is 0.111 e. The second-order valence-corrected chi connectivity index (χ2v) is 5.79. The van der Waals surface area contributed by atoms with Gasteiger partial charge in [0, 0.05) is 5.54 Å². The number of hydrogen-bond acceptors (Lipinski definition) is 3. The second-order valence-electron chi connectivity index (χ2n) is 5.79. The first-order chi connectivity index (χ1) is 8.70. The standard InChI is InChI=1S/C15H28N2O/c1-4-16-14(13-9-5-8-12-18-13)15(17(2)3)10-6-7-11-15/h9,14,16H,4-8,10-12H2,1-3H3. The molecule has 1 fully saturated rings. The first-order valence-corrected chi connectivity index (χ1v) is 7.44. The van der Waals surface area contributed by atoms with Gasteiger partial charge in [-0.15, -0.1) is 0 Å². The molecule has 0 radical (unpaired) electrons. The molecular formula is C15H28N2O. The van der Waals surface area contributed by atoms with E-state index in [9.17, 15) is 0 Å². The van der Waals surface area contributed by atoms with Crippen molar-refractivity contribution < 1.29 is 4.74 Å². The van der Waals surface area contributed by atoms with Crippen LogP contribution >= 0.6 is 0 Å². The molecule has 2 aliphatic rings. The van der Waals surface area contributed by atoms with Crippen molar-refractivity contribution in [3.05, 3.63) is 11.8 Å². The molecule has 1 saturated carbocycles. The summed E-state index contributed by atoms with van der Waals surface area (Å²) in [7, 11) is 4.44. The molecular weight excluding hydrogens is 224 g/mol. The largest absolute Gasteiger partial charge is 0.497 e. The predicted octanol–water partition coefficient (Wildman–Crippen LogP) is 2.53. The van der Waals surface area contributed by atoms with Gasteiger partial charge in [0.05, 0.1) is 12.6 Å². The number of allylic oxidation sites excluding steroid dienone is 1. The van der Waals surface area contributed by atoms with Crippen molar-refractivity contribution in [2.45, 2.75) is 57.0 Å². The SMILES string of the molecule is CCNC(C1=CCCCO1)C1(N(C)C)CCCC1. The Morgan fingerprint density at radius 2 is 2.06 bits per heavy atom. The van der Waals surface area contributed by atoms with E-state index in [0.717, 1.165) is 19.6 Å². The minimum Gasteiger partial charge on any atom is -0.497 e. The van der Waals surface area contributed by atoms with Crippen molar-refractivity contribution in [2.24, 2.45) is 0 Å². The van der Waals surface area contributed by atoms with Crippen LogP contribution in [0, 0.1) is 0 Å². The maximum atomic E-state index is 5.95. The number of hydrogen-bond donors (Lipinski definition) is 1. The van der Waals surface area contributed by atoms with Crippen molar-refractivity contribution in [1.29, 1.82) is 0 Å². The molecule has 0 aromatic carbocycles. The summed E-state index contributed by atoms with van der Waals surface area (Å²) in [5.41, 5.74) is 0.249. The van der Waals surface area contributed by atoms with Crippen LogP contribution in [-0.2, 0) is 4.74 Å². The molecule has 0 saturated heterocycles. The van der Waals surface area contributed by atoms with Gasteiger partial charge in [0.1, 0.15) is 5.76 Å². The third kappa shape index (κ3) is 2.57. The Bertz CT molecular complexity index is 293. The van der Waals surface area contributed by atoms with E-state index >= 15 is 0 Å². The number of ether oxygens (including phenoxy) is 1. The lowest BCUT2D eigenvalue weighted by Crippen LogP contribution is -2.58. The predicted molar refractivity (Wildman–Crippen MR) is 75.6 cm³/mol. The van der Waals surface area contributed by atoms with Gasteiger partial charge in [-0.05, 0) is 52.4 Å². The molecule has 1 heterocycles. The molecule has 3 nitrogen and oxygen atoms in total. The third-order valence-electron chi connectivity index (χ3n) is 4.55. The summed E-state index contributed by atoms with van der Waals surface area (Å²) in [5, 5.41) is 3.68. The molecule has 0 amide bonds. The van der Waals surface area contributed by atoms with Crippen LogP contribution < -0.4 is 5.32 Å². The normalized spacial score (nSPS) is 24.8. The van der Waals surface area contributed by atoms with Gasteiger partial charge in [0.2, 0.25) is 0 Å². The third-order valence-corrected chi connectivity index (χ3v) is 4.55. The van der Waals surface area contributed by atoms with Crippen LogP contribution in [0.4, 0.5) is 0 Å². The van der Waals surface area contributed by atoms with Crippen LogP contribution in [0.2, 0.25) is 0 Å². The van der Waals surface area contributed by atoms with Crippen molar-refractivity contribution in [2.75, 3.05) is 27.2 Å². The molecule has 1 N–H and O–H groups in total. The van der Waals surface area contributed by atoms with Crippen LogP contribution in [0.3, 0.4) is 0 Å². The topological polar surface area (TPSA) is 24.5 Å². The van der Waals surface area contributed by atoms with Gasteiger partial charge in [0.25, 0.3) is 0 Å². The zero-order chi connectivity index (χ0) is 13.0. The van der Waals surface area contributed by atoms with E-state index in [0.29, 0.717) is 6.04 Å². The van der Waals surface area contributed by atoms with Gasteiger partial charge in [-0.1, -0.05) is 19.8 Å². The Labute approximate surface area is 112 Å². The van der Waals surface area contributed by atoms with E-state index in [1.54, 1.807) is 0 Å². The summed E-state index contributed by atoms with van der Waals surface area (Å²) < 4.78 is 5.95. The summed E-state index contributed by atoms with van der Waals surface area (Å²) in [6.07, 6.45) is 9.87. The molecule has 3 heteroatoms. The average molecular weight is 252 g/mol. The molecule has 0 aromatic rings. The van der Waals surface area contributed by atoms with Crippen molar-refractivity contribution >= 4 is 0 Å². The fraction of sp³-hybridized carbons (Fsp3) is 0.867. The summed E-state index contributed by atoms with van der Waals surface area (Å²) in [6.45, 7) is 4.08. The number of nitrogens with one attached hydrogen (secondary N) is 1. The van der Waals surface area contributed by atoms with Crippen molar-refractivity contribution in [3.63, 3.8) is 0 Å². The maximum Gasteiger partial charge on any atom is 0.111 e. The molecule has 0 spiro atoms. The quantitative estimate of drug-likeness (QED) is 0.814. The minimum absolute atomic E-state index is 0.249. The van der Waals surface area contributed by atoms with Gasteiger partial charge < -0.3 is 15.0 Å². The van der Waals surface area contributed by atoms with Crippen LogP contribution in [0.5, 0.6) is 0 Å².